The molecule has 4 aromatic rings. The molecule has 1 aliphatic rings. The molecule has 0 atom stereocenters. The van der Waals surface area contributed by atoms with Crippen LogP contribution in [0.15, 0.2) is 30.6 Å². The van der Waals surface area contributed by atoms with E-state index in [1.165, 1.54) is 18.5 Å². The smallest absolute Gasteiger partial charge is 0.157 e. The van der Waals surface area contributed by atoms with Crippen molar-refractivity contribution in [3.63, 3.8) is 0 Å². The van der Waals surface area contributed by atoms with E-state index >= 15 is 0 Å². The Balaban J connectivity index is 0.000000257. The second kappa shape index (κ2) is 6.64. The van der Waals surface area contributed by atoms with Crippen LogP contribution < -0.4 is 0 Å². The molecule has 0 saturated heterocycles. The SMILES string of the molecule is Cc1nc2c(C)cc(-c3cc(C4CC4)nn3C)nn2c1C.Cn1cccn1. The van der Waals surface area contributed by atoms with Crippen LogP contribution in [0.1, 0.15) is 41.4 Å². The molecule has 0 spiro atoms. The van der Waals surface area contributed by atoms with Crippen LogP contribution in [0.4, 0.5) is 0 Å². The van der Waals surface area contributed by atoms with Gasteiger partial charge in [0.2, 0.25) is 0 Å². The Morgan fingerprint density at radius 1 is 1.04 bits per heavy atom. The largest absolute Gasteiger partial charge is 0.276 e. The summed E-state index contributed by atoms with van der Waals surface area (Å²) in [6, 6.07) is 6.18. The lowest BCUT2D eigenvalue weighted by Crippen LogP contribution is -2.02. The average Bonchev–Trinajstić information content (AvgIpc) is 3.14. The van der Waals surface area contributed by atoms with Gasteiger partial charge in [-0.05, 0) is 57.4 Å². The second-order valence-electron chi connectivity index (χ2n) is 7.26. The minimum absolute atomic E-state index is 0.659. The van der Waals surface area contributed by atoms with E-state index in [0.29, 0.717) is 5.92 Å². The van der Waals surface area contributed by atoms with Crippen LogP contribution in [0.5, 0.6) is 0 Å². The monoisotopic (exact) mass is 363 g/mol. The molecule has 1 aliphatic carbocycles. The summed E-state index contributed by atoms with van der Waals surface area (Å²) in [5.41, 5.74) is 7.45. The molecule has 4 aromatic heterocycles. The Labute approximate surface area is 158 Å². The third kappa shape index (κ3) is 3.37. The molecular weight excluding hydrogens is 338 g/mol. The molecule has 1 fully saturated rings. The van der Waals surface area contributed by atoms with Gasteiger partial charge in [-0.1, -0.05) is 0 Å². The lowest BCUT2D eigenvalue weighted by atomic mass is 10.2. The van der Waals surface area contributed by atoms with Crippen LogP contribution in [-0.2, 0) is 14.1 Å². The summed E-state index contributed by atoms with van der Waals surface area (Å²) in [5, 5.41) is 13.2. The molecule has 1 saturated carbocycles. The molecule has 0 bridgehead atoms. The van der Waals surface area contributed by atoms with Gasteiger partial charge in [-0.15, -0.1) is 0 Å². The molecule has 0 aliphatic heterocycles. The number of fused-ring (bicyclic) bond motifs is 1. The number of aromatic nitrogens is 7. The Kier molecular flexibility index (Phi) is 4.30. The van der Waals surface area contributed by atoms with Crippen LogP contribution in [0.3, 0.4) is 0 Å². The van der Waals surface area contributed by atoms with Gasteiger partial charge in [0.15, 0.2) is 5.65 Å². The van der Waals surface area contributed by atoms with Gasteiger partial charge >= 0.3 is 0 Å². The van der Waals surface area contributed by atoms with Crippen LogP contribution in [0.2, 0.25) is 0 Å². The van der Waals surface area contributed by atoms with Gasteiger partial charge in [0, 0.05) is 32.4 Å². The van der Waals surface area contributed by atoms with Crippen molar-refractivity contribution in [1.29, 1.82) is 0 Å². The molecular formula is C20H25N7. The molecule has 7 nitrogen and oxygen atoms in total. The first-order chi connectivity index (χ1) is 12.9. The van der Waals surface area contributed by atoms with E-state index in [2.05, 4.69) is 41.2 Å². The summed E-state index contributed by atoms with van der Waals surface area (Å²) in [6.45, 7) is 6.17. The van der Waals surface area contributed by atoms with Gasteiger partial charge in [-0.25, -0.2) is 9.50 Å². The van der Waals surface area contributed by atoms with Gasteiger partial charge < -0.3 is 0 Å². The van der Waals surface area contributed by atoms with Crippen molar-refractivity contribution >= 4 is 5.65 Å². The minimum atomic E-state index is 0.659. The topological polar surface area (TPSA) is 65.8 Å². The third-order valence-corrected chi connectivity index (χ3v) is 5.02. The molecule has 0 amide bonds. The normalized spacial score (nSPS) is 13.7. The first-order valence-corrected chi connectivity index (χ1v) is 9.25. The maximum absolute atomic E-state index is 4.77. The average molecular weight is 363 g/mol. The number of hydrogen-bond acceptors (Lipinski definition) is 4. The molecule has 0 radical (unpaired) electrons. The van der Waals surface area contributed by atoms with Crippen molar-refractivity contribution < 1.29 is 0 Å². The van der Waals surface area contributed by atoms with Gasteiger partial charge in [0.1, 0.15) is 5.69 Å². The van der Waals surface area contributed by atoms with E-state index in [-0.39, 0.29) is 0 Å². The Morgan fingerprint density at radius 2 is 1.81 bits per heavy atom. The predicted octanol–water partition coefficient (Wildman–Crippen LogP) is 3.35. The summed E-state index contributed by atoms with van der Waals surface area (Å²) in [6.07, 6.45) is 6.17. The van der Waals surface area contributed by atoms with E-state index in [1.54, 1.807) is 10.9 Å². The lowest BCUT2D eigenvalue weighted by molar-refractivity contribution is 0.744. The van der Waals surface area contributed by atoms with Crippen molar-refractivity contribution in [1.82, 2.24) is 34.2 Å². The Morgan fingerprint density at radius 3 is 2.41 bits per heavy atom. The number of aryl methyl sites for hydroxylation is 5. The van der Waals surface area contributed by atoms with E-state index in [4.69, 9.17) is 5.10 Å². The fourth-order valence-corrected chi connectivity index (χ4v) is 3.16. The van der Waals surface area contributed by atoms with Gasteiger partial charge in [-0.2, -0.15) is 15.3 Å². The summed E-state index contributed by atoms with van der Waals surface area (Å²) in [5.74, 6) is 0.659. The van der Waals surface area contributed by atoms with E-state index in [9.17, 15) is 0 Å². The van der Waals surface area contributed by atoms with Gasteiger partial charge in [-0.3, -0.25) is 9.36 Å². The zero-order chi connectivity index (χ0) is 19.1. The van der Waals surface area contributed by atoms with Gasteiger partial charge in [0.05, 0.1) is 22.8 Å². The zero-order valence-electron chi connectivity index (χ0n) is 16.5. The highest BCUT2D eigenvalue weighted by molar-refractivity contribution is 5.61. The van der Waals surface area contributed by atoms with Crippen molar-refractivity contribution in [2.75, 3.05) is 0 Å². The number of imidazole rings is 1. The quantitative estimate of drug-likeness (QED) is 0.548. The summed E-state index contributed by atoms with van der Waals surface area (Å²) in [4.78, 5) is 4.59. The molecule has 140 valence electrons. The van der Waals surface area contributed by atoms with E-state index < -0.39 is 0 Å². The fourth-order valence-electron chi connectivity index (χ4n) is 3.16. The fraction of sp³-hybridized carbons (Fsp3) is 0.400. The van der Waals surface area contributed by atoms with Crippen LogP contribution in [-0.4, -0.2) is 34.2 Å². The van der Waals surface area contributed by atoms with Crippen LogP contribution >= 0.6 is 0 Å². The molecule has 7 heteroatoms. The minimum Gasteiger partial charge on any atom is -0.276 e. The number of rotatable bonds is 2. The third-order valence-electron chi connectivity index (χ3n) is 5.02. The predicted molar refractivity (Wildman–Crippen MR) is 105 cm³/mol. The molecule has 0 aromatic carbocycles. The number of nitrogens with zero attached hydrogens (tertiary/aromatic N) is 7. The number of hydrogen-bond donors (Lipinski definition) is 0. The van der Waals surface area contributed by atoms with Crippen LogP contribution in [0, 0.1) is 20.8 Å². The standard InChI is InChI=1S/C16H19N5.C4H6N2/c1-9-7-14(19-21-11(3)10(2)17-16(9)21)15-8-13(12-5-6-12)18-20(15)4;1-6-4-2-3-5-6/h7-8,12H,5-6H2,1-4H3;2-4H,1H3. The zero-order valence-corrected chi connectivity index (χ0v) is 16.5. The molecule has 4 heterocycles. The maximum Gasteiger partial charge on any atom is 0.157 e. The molecule has 0 N–H and O–H groups in total. The van der Waals surface area contributed by atoms with Crippen molar-refractivity contribution in [3.05, 3.63) is 53.2 Å². The molecule has 5 rings (SSSR count). The Bertz CT molecular complexity index is 1080. The second-order valence-corrected chi connectivity index (χ2v) is 7.26. The van der Waals surface area contributed by atoms with Gasteiger partial charge in [0.25, 0.3) is 0 Å². The van der Waals surface area contributed by atoms with E-state index in [0.717, 1.165) is 34.0 Å². The first kappa shape index (κ1) is 17.5. The Hall–Kier alpha value is -2.96. The summed E-state index contributed by atoms with van der Waals surface area (Å²) < 4.78 is 5.64. The molecule has 0 unspecified atom stereocenters. The lowest BCUT2D eigenvalue weighted by Gasteiger charge is -2.05. The highest BCUT2D eigenvalue weighted by atomic mass is 15.3. The van der Waals surface area contributed by atoms with Crippen molar-refractivity contribution in [2.45, 2.75) is 39.5 Å². The summed E-state index contributed by atoms with van der Waals surface area (Å²) in [7, 11) is 3.88. The van der Waals surface area contributed by atoms with E-state index in [1.807, 2.05) is 42.5 Å². The highest BCUT2D eigenvalue weighted by Gasteiger charge is 2.27. The molecule has 27 heavy (non-hydrogen) atoms. The highest BCUT2D eigenvalue weighted by Crippen LogP contribution is 2.40. The summed E-state index contributed by atoms with van der Waals surface area (Å²) >= 11 is 0. The van der Waals surface area contributed by atoms with Crippen LogP contribution in [0.25, 0.3) is 17.0 Å². The maximum atomic E-state index is 4.77. The van der Waals surface area contributed by atoms with Crippen molar-refractivity contribution in [3.8, 4) is 11.4 Å². The van der Waals surface area contributed by atoms with Crippen molar-refractivity contribution in [2.24, 2.45) is 14.1 Å². The first-order valence-electron chi connectivity index (χ1n) is 9.25.